The molecule has 0 unspecified atom stereocenters. The van der Waals surface area contributed by atoms with E-state index >= 15 is 0 Å². The van der Waals surface area contributed by atoms with Crippen molar-refractivity contribution in [2.75, 3.05) is 23.7 Å². The number of nitrogens with zero attached hydrogens (tertiary/aromatic N) is 3. The van der Waals surface area contributed by atoms with Gasteiger partial charge in [0.05, 0.1) is 11.4 Å². The zero-order valence-electron chi connectivity index (χ0n) is 16.6. The number of anilines is 2. The van der Waals surface area contributed by atoms with Crippen molar-refractivity contribution in [1.82, 2.24) is 9.97 Å². The van der Waals surface area contributed by atoms with Gasteiger partial charge in [0, 0.05) is 54.8 Å². The lowest BCUT2D eigenvalue weighted by Gasteiger charge is -2.33. The fourth-order valence-corrected chi connectivity index (χ4v) is 3.86. The summed E-state index contributed by atoms with van der Waals surface area (Å²) in [4.78, 5) is 23.9. The van der Waals surface area contributed by atoms with Crippen molar-refractivity contribution in [3.8, 4) is 11.3 Å². The molecule has 1 aliphatic rings. The molecule has 4 rings (SSSR count). The Hall–Kier alpha value is -3.32. The van der Waals surface area contributed by atoms with Crippen LogP contribution in [0.4, 0.5) is 15.8 Å². The lowest BCUT2D eigenvalue weighted by Crippen LogP contribution is -2.43. The minimum Gasteiger partial charge on any atom is -0.397 e. The van der Waals surface area contributed by atoms with E-state index < -0.39 is 5.82 Å². The van der Waals surface area contributed by atoms with Crippen molar-refractivity contribution < 1.29 is 9.18 Å². The van der Waals surface area contributed by atoms with Gasteiger partial charge in [0.2, 0.25) is 0 Å². The molecular formula is C23H24FN5O. The number of nitrogen functional groups attached to an aromatic ring is 1. The molecule has 6 nitrogen and oxygen atoms in total. The standard InChI is InChI=1S/C23H24FN5O/c24-18-6-2-1-5-17(18)20-8-7-19(26)23(28-20)22(30)12-15-13-27-10-9-21(15)29-11-3-4-16(25)14-29/h1-2,5-10,13,16H,3-4,11-12,14,25-26H2/t16-/m0/s1. The van der Waals surface area contributed by atoms with Crippen LogP contribution < -0.4 is 16.4 Å². The molecule has 0 aliphatic carbocycles. The van der Waals surface area contributed by atoms with Crippen LogP contribution in [0.1, 0.15) is 28.9 Å². The van der Waals surface area contributed by atoms with Crippen LogP contribution in [0.2, 0.25) is 0 Å². The largest absolute Gasteiger partial charge is 0.397 e. The molecule has 3 heterocycles. The van der Waals surface area contributed by atoms with E-state index in [0.717, 1.165) is 37.2 Å². The Morgan fingerprint density at radius 3 is 2.83 bits per heavy atom. The number of aromatic nitrogens is 2. The van der Waals surface area contributed by atoms with Crippen molar-refractivity contribution in [2.24, 2.45) is 5.73 Å². The monoisotopic (exact) mass is 405 g/mol. The van der Waals surface area contributed by atoms with Crippen molar-refractivity contribution in [1.29, 1.82) is 0 Å². The number of carbonyl (C=O) groups excluding carboxylic acids is 1. The lowest BCUT2D eigenvalue weighted by molar-refractivity contribution is 0.0989. The Labute approximate surface area is 174 Å². The van der Waals surface area contributed by atoms with Crippen molar-refractivity contribution in [3.05, 3.63) is 71.9 Å². The number of ketones is 1. The number of nitrogens with two attached hydrogens (primary N) is 2. The molecule has 1 atom stereocenters. The number of hydrogen-bond donors (Lipinski definition) is 2. The number of piperidine rings is 1. The maximum absolute atomic E-state index is 14.2. The van der Waals surface area contributed by atoms with Gasteiger partial charge < -0.3 is 16.4 Å². The fourth-order valence-electron chi connectivity index (χ4n) is 3.86. The summed E-state index contributed by atoms with van der Waals surface area (Å²) in [5, 5.41) is 0. The van der Waals surface area contributed by atoms with Crippen molar-refractivity contribution in [2.45, 2.75) is 25.3 Å². The summed E-state index contributed by atoms with van der Waals surface area (Å²) in [5.41, 5.74) is 15.0. The van der Waals surface area contributed by atoms with E-state index in [1.807, 2.05) is 6.07 Å². The SMILES string of the molecule is Nc1ccc(-c2ccccc2F)nc1C(=O)Cc1cnccc1N1CCC[C@H](N)C1. The Morgan fingerprint density at radius 2 is 2.03 bits per heavy atom. The van der Waals surface area contributed by atoms with Gasteiger partial charge in [-0.05, 0) is 43.2 Å². The Bertz CT molecular complexity index is 1070. The number of pyridine rings is 2. The van der Waals surface area contributed by atoms with E-state index in [1.165, 1.54) is 6.07 Å². The molecule has 1 aliphatic heterocycles. The maximum Gasteiger partial charge on any atom is 0.187 e. The number of halogens is 1. The van der Waals surface area contributed by atoms with E-state index in [-0.39, 0.29) is 29.6 Å². The zero-order valence-corrected chi connectivity index (χ0v) is 16.6. The third kappa shape index (κ3) is 4.16. The highest BCUT2D eigenvalue weighted by Gasteiger charge is 2.22. The molecule has 7 heteroatoms. The van der Waals surface area contributed by atoms with Gasteiger partial charge in [0.1, 0.15) is 11.5 Å². The Kier molecular flexibility index (Phi) is 5.72. The molecule has 1 fully saturated rings. The second-order valence-corrected chi connectivity index (χ2v) is 7.57. The van der Waals surface area contributed by atoms with Gasteiger partial charge in [-0.15, -0.1) is 0 Å². The van der Waals surface area contributed by atoms with Gasteiger partial charge >= 0.3 is 0 Å². The first-order valence-corrected chi connectivity index (χ1v) is 10.0. The molecule has 1 aromatic carbocycles. The average molecular weight is 405 g/mol. The Morgan fingerprint density at radius 1 is 1.20 bits per heavy atom. The first kappa shape index (κ1) is 20.0. The molecule has 3 aromatic rings. The fraction of sp³-hybridized carbons (Fsp3) is 0.261. The smallest absolute Gasteiger partial charge is 0.187 e. The first-order valence-electron chi connectivity index (χ1n) is 10.0. The summed E-state index contributed by atoms with van der Waals surface area (Å²) in [5.74, 6) is -0.634. The molecule has 154 valence electrons. The molecule has 0 amide bonds. The normalized spacial score (nSPS) is 16.5. The molecule has 4 N–H and O–H groups in total. The number of carbonyl (C=O) groups is 1. The second kappa shape index (κ2) is 8.59. The van der Waals surface area contributed by atoms with E-state index in [9.17, 15) is 9.18 Å². The molecule has 30 heavy (non-hydrogen) atoms. The average Bonchev–Trinajstić information content (AvgIpc) is 2.75. The minimum absolute atomic E-state index is 0.104. The van der Waals surface area contributed by atoms with Gasteiger partial charge in [-0.25, -0.2) is 9.37 Å². The van der Waals surface area contributed by atoms with Gasteiger partial charge in [-0.3, -0.25) is 9.78 Å². The minimum atomic E-state index is -0.399. The molecule has 0 saturated carbocycles. The van der Waals surface area contributed by atoms with E-state index in [0.29, 0.717) is 11.3 Å². The molecular weight excluding hydrogens is 381 g/mol. The van der Waals surface area contributed by atoms with Crippen LogP contribution in [0.3, 0.4) is 0 Å². The van der Waals surface area contributed by atoms with Crippen LogP contribution in [0.15, 0.2) is 54.9 Å². The van der Waals surface area contributed by atoms with Gasteiger partial charge in [0.25, 0.3) is 0 Å². The predicted molar refractivity (Wildman–Crippen MR) is 116 cm³/mol. The highest BCUT2D eigenvalue weighted by Crippen LogP contribution is 2.27. The molecule has 0 radical (unpaired) electrons. The topological polar surface area (TPSA) is 98.1 Å². The molecule has 0 spiro atoms. The second-order valence-electron chi connectivity index (χ2n) is 7.57. The highest BCUT2D eigenvalue weighted by molar-refractivity contribution is 6.01. The van der Waals surface area contributed by atoms with Crippen LogP contribution in [0.25, 0.3) is 11.3 Å². The highest BCUT2D eigenvalue weighted by atomic mass is 19.1. The number of rotatable bonds is 5. The number of Topliss-reactive ketones (excluding diaryl/α,β-unsaturated/α-hetero) is 1. The molecule has 2 aromatic heterocycles. The summed E-state index contributed by atoms with van der Waals surface area (Å²) in [6.45, 7) is 1.64. The van der Waals surface area contributed by atoms with Crippen LogP contribution in [0.5, 0.6) is 0 Å². The summed E-state index contributed by atoms with van der Waals surface area (Å²) in [7, 11) is 0. The van der Waals surface area contributed by atoms with E-state index in [4.69, 9.17) is 11.5 Å². The summed E-state index contributed by atoms with van der Waals surface area (Å²) in [6.07, 6.45) is 5.53. The molecule has 1 saturated heterocycles. The van der Waals surface area contributed by atoms with E-state index in [1.54, 1.807) is 42.7 Å². The lowest BCUT2D eigenvalue weighted by atomic mass is 10.0. The number of hydrogen-bond acceptors (Lipinski definition) is 6. The predicted octanol–water partition coefficient (Wildman–Crippen LogP) is 3.22. The van der Waals surface area contributed by atoms with Crippen LogP contribution in [-0.2, 0) is 6.42 Å². The first-order chi connectivity index (χ1) is 14.5. The zero-order chi connectivity index (χ0) is 21.1. The van der Waals surface area contributed by atoms with Gasteiger partial charge in [-0.2, -0.15) is 0 Å². The summed E-state index contributed by atoms with van der Waals surface area (Å²) in [6, 6.07) is 11.6. The maximum atomic E-state index is 14.2. The van der Waals surface area contributed by atoms with Gasteiger partial charge in [0.15, 0.2) is 5.78 Å². The third-order valence-corrected chi connectivity index (χ3v) is 5.37. The van der Waals surface area contributed by atoms with Crippen LogP contribution >= 0.6 is 0 Å². The summed E-state index contributed by atoms with van der Waals surface area (Å²) >= 11 is 0. The van der Waals surface area contributed by atoms with E-state index in [2.05, 4.69) is 14.9 Å². The Balaban J connectivity index is 1.62. The van der Waals surface area contributed by atoms with Gasteiger partial charge in [-0.1, -0.05) is 12.1 Å². The quantitative estimate of drug-likeness (QED) is 0.633. The van der Waals surface area contributed by atoms with Crippen LogP contribution in [0, 0.1) is 5.82 Å². The molecule has 0 bridgehead atoms. The third-order valence-electron chi connectivity index (χ3n) is 5.37. The number of benzene rings is 1. The van der Waals surface area contributed by atoms with Crippen LogP contribution in [-0.4, -0.2) is 34.9 Å². The van der Waals surface area contributed by atoms with Crippen molar-refractivity contribution >= 4 is 17.2 Å². The summed E-state index contributed by atoms with van der Waals surface area (Å²) < 4.78 is 14.2. The van der Waals surface area contributed by atoms with Crippen molar-refractivity contribution in [3.63, 3.8) is 0 Å².